The first-order valence-corrected chi connectivity index (χ1v) is 4.87. The summed E-state index contributed by atoms with van der Waals surface area (Å²) in [6.07, 6.45) is -0.392. The summed E-state index contributed by atoms with van der Waals surface area (Å²) < 4.78 is 13.1. The summed E-state index contributed by atoms with van der Waals surface area (Å²) in [4.78, 5) is 10.7. The van der Waals surface area contributed by atoms with E-state index in [0.29, 0.717) is 12.0 Å². The third-order valence-corrected chi connectivity index (χ3v) is 2.35. The molecule has 17 heavy (non-hydrogen) atoms. The Kier molecular flexibility index (Phi) is 6.09. The van der Waals surface area contributed by atoms with Crippen molar-refractivity contribution >= 4 is 18.4 Å². The molecular formula is C11H15ClFNO3. The van der Waals surface area contributed by atoms with Crippen molar-refractivity contribution < 1.29 is 19.4 Å². The summed E-state index contributed by atoms with van der Waals surface area (Å²) >= 11 is 0. The van der Waals surface area contributed by atoms with Crippen molar-refractivity contribution in [1.82, 2.24) is 0 Å². The molecule has 0 bridgehead atoms. The fourth-order valence-corrected chi connectivity index (χ4v) is 1.31. The molecule has 4 nitrogen and oxygen atoms in total. The van der Waals surface area contributed by atoms with Gasteiger partial charge in [0.25, 0.3) is 0 Å². The Labute approximate surface area is 105 Å². The summed E-state index contributed by atoms with van der Waals surface area (Å²) in [6.45, 7) is 1.55. The van der Waals surface area contributed by atoms with Crippen LogP contribution < -0.4 is 5.73 Å². The molecule has 0 saturated heterocycles. The van der Waals surface area contributed by atoms with Crippen LogP contribution in [0.3, 0.4) is 0 Å². The summed E-state index contributed by atoms with van der Waals surface area (Å²) in [5.41, 5.74) is 5.83. The summed E-state index contributed by atoms with van der Waals surface area (Å²) in [7, 11) is 0. The Balaban J connectivity index is 0.00000256. The van der Waals surface area contributed by atoms with Gasteiger partial charge in [0.15, 0.2) is 0 Å². The van der Waals surface area contributed by atoms with E-state index in [-0.39, 0.29) is 18.0 Å². The van der Waals surface area contributed by atoms with Crippen LogP contribution in [0.15, 0.2) is 18.2 Å². The number of hydrogen-bond acceptors (Lipinski definition) is 3. The van der Waals surface area contributed by atoms with Gasteiger partial charge in [-0.2, -0.15) is 0 Å². The summed E-state index contributed by atoms with van der Waals surface area (Å²) in [5, 5.41) is 17.9. The van der Waals surface area contributed by atoms with E-state index in [1.807, 2.05) is 0 Å². The fraction of sp³-hybridized carbons (Fsp3) is 0.364. The van der Waals surface area contributed by atoms with Gasteiger partial charge in [-0.3, -0.25) is 0 Å². The lowest BCUT2D eigenvalue weighted by Gasteiger charge is -2.14. The van der Waals surface area contributed by atoms with E-state index in [2.05, 4.69) is 0 Å². The zero-order valence-electron chi connectivity index (χ0n) is 9.26. The largest absolute Gasteiger partial charge is 0.478 e. The van der Waals surface area contributed by atoms with Crippen LogP contribution in [0.25, 0.3) is 0 Å². The molecule has 0 aliphatic heterocycles. The Morgan fingerprint density at radius 3 is 2.59 bits per heavy atom. The molecule has 2 atom stereocenters. The van der Waals surface area contributed by atoms with Crippen LogP contribution in [0, 0.1) is 5.82 Å². The SMILES string of the molecule is CC(O)C(N)Cc1ccc(F)c(C(=O)O)c1.Cl. The number of benzene rings is 1. The molecule has 6 heteroatoms. The van der Waals surface area contributed by atoms with E-state index in [4.69, 9.17) is 10.8 Å². The smallest absolute Gasteiger partial charge is 0.338 e. The van der Waals surface area contributed by atoms with Crippen LogP contribution in [0.4, 0.5) is 4.39 Å². The molecule has 96 valence electrons. The van der Waals surface area contributed by atoms with E-state index in [0.717, 1.165) is 6.07 Å². The zero-order chi connectivity index (χ0) is 12.3. The molecular weight excluding hydrogens is 249 g/mol. The predicted octanol–water partition coefficient (Wildman–Crippen LogP) is 1.20. The third kappa shape index (κ3) is 4.30. The zero-order valence-corrected chi connectivity index (χ0v) is 10.1. The highest BCUT2D eigenvalue weighted by molar-refractivity contribution is 5.88. The molecule has 0 radical (unpaired) electrons. The van der Waals surface area contributed by atoms with Crippen molar-refractivity contribution in [3.63, 3.8) is 0 Å². The maximum Gasteiger partial charge on any atom is 0.338 e. The average Bonchev–Trinajstić information content (AvgIpc) is 2.20. The molecule has 1 rings (SSSR count). The lowest BCUT2D eigenvalue weighted by molar-refractivity contribution is 0.0691. The third-order valence-electron chi connectivity index (χ3n) is 2.35. The van der Waals surface area contributed by atoms with Crippen molar-refractivity contribution in [1.29, 1.82) is 0 Å². The highest BCUT2D eigenvalue weighted by Gasteiger charge is 2.14. The van der Waals surface area contributed by atoms with Crippen molar-refractivity contribution in [2.45, 2.75) is 25.5 Å². The van der Waals surface area contributed by atoms with Crippen LogP contribution in [-0.2, 0) is 6.42 Å². The number of hydrogen-bond donors (Lipinski definition) is 3. The van der Waals surface area contributed by atoms with Crippen LogP contribution >= 0.6 is 12.4 Å². The van der Waals surface area contributed by atoms with Crippen LogP contribution in [0.1, 0.15) is 22.8 Å². The normalized spacial score (nSPS) is 13.6. The molecule has 0 aliphatic carbocycles. The number of carbonyl (C=O) groups is 1. The van der Waals surface area contributed by atoms with Gasteiger partial charge < -0.3 is 15.9 Å². The second kappa shape index (κ2) is 6.54. The van der Waals surface area contributed by atoms with Crippen LogP contribution in [-0.4, -0.2) is 28.3 Å². The minimum Gasteiger partial charge on any atom is -0.478 e. The lowest BCUT2D eigenvalue weighted by atomic mass is 10.0. The van der Waals surface area contributed by atoms with E-state index < -0.39 is 23.9 Å². The van der Waals surface area contributed by atoms with E-state index in [1.165, 1.54) is 12.1 Å². The first-order chi connectivity index (χ1) is 7.41. The molecule has 0 fully saturated rings. The molecule has 0 spiro atoms. The predicted molar refractivity (Wildman–Crippen MR) is 64.0 cm³/mol. The van der Waals surface area contributed by atoms with Gasteiger partial charge in [-0.05, 0) is 31.0 Å². The van der Waals surface area contributed by atoms with Gasteiger partial charge in [0.2, 0.25) is 0 Å². The van der Waals surface area contributed by atoms with Crippen LogP contribution in [0.5, 0.6) is 0 Å². The monoisotopic (exact) mass is 263 g/mol. The minimum atomic E-state index is -1.31. The standard InChI is InChI=1S/C11H14FNO3.ClH/c1-6(14)10(13)5-7-2-3-9(12)8(4-7)11(15)16;/h2-4,6,10,14H,5,13H2,1H3,(H,15,16);1H. The van der Waals surface area contributed by atoms with Gasteiger partial charge in [-0.1, -0.05) is 6.07 Å². The van der Waals surface area contributed by atoms with Gasteiger partial charge in [-0.25, -0.2) is 9.18 Å². The fourth-order valence-electron chi connectivity index (χ4n) is 1.31. The summed E-state index contributed by atoms with van der Waals surface area (Å²) in [5.74, 6) is -2.09. The number of aliphatic hydroxyl groups is 1. The number of aliphatic hydroxyl groups excluding tert-OH is 1. The molecule has 4 N–H and O–H groups in total. The molecule has 0 aromatic heterocycles. The number of carboxylic acid groups (broad SMARTS) is 1. The Hall–Kier alpha value is -1.17. The molecule has 2 unspecified atom stereocenters. The van der Waals surface area contributed by atoms with Gasteiger partial charge in [0.1, 0.15) is 5.82 Å². The number of rotatable bonds is 4. The Morgan fingerprint density at radius 1 is 1.53 bits per heavy atom. The molecule has 0 heterocycles. The minimum absolute atomic E-state index is 0. The first kappa shape index (κ1) is 15.8. The number of halogens is 2. The van der Waals surface area contributed by atoms with Gasteiger partial charge in [0.05, 0.1) is 11.7 Å². The number of carboxylic acids is 1. The van der Waals surface area contributed by atoms with E-state index in [1.54, 1.807) is 6.92 Å². The molecule has 0 saturated carbocycles. The van der Waals surface area contributed by atoms with Crippen molar-refractivity contribution in [2.24, 2.45) is 5.73 Å². The quantitative estimate of drug-likeness (QED) is 0.762. The second-order valence-corrected chi connectivity index (χ2v) is 3.73. The number of aromatic carboxylic acids is 1. The topological polar surface area (TPSA) is 83.5 Å². The Bertz CT molecular complexity index is 398. The molecule has 1 aromatic carbocycles. The number of nitrogens with two attached hydrogens (primary N) is 1. The average molecular weight is 264 g/mol. The summed E-state index contributed by atoms with van der Waals surface area (Å²) in [6, 6.07) is 3.30. The van der Waals surface area contributed by atoms with E-state index in [9.17, 15) is 14.3 Å². The molecule has 0 amide bonds. The highest BCUT2D eigenvalue weighted by atomic mass is 35.5. The van der Waals surface area contributed by atoms with Crippen LogP contribution in [0.2, 0.25) is 0 Å². The highest BCUT2D eigenvalue weighted by Crippen LogP contribution is 2.12. The maximum atomic E-state index is 13.1. The molecule has 1 aromatic rings. The van der Waals surface area contributed by atoms with Gasteiger partial charge in [0, 0.05) is 6.04 Å². The van der Waals surface area contributed by atoms with Crippen molar-refractivity contribution in [3.8, 4) is 0 Å². The van der Waals surface area contributed by atoms with Crippen molar-refractivity contribution in [3.05, 3.63) is 35.1 Å². The lowest BCUT2D eigenvalue weighted by Crippen LogP contribution is -2.34. The van der Waals surface area contributed by atoms with Crippen molar-refractivity contribution in [2.75, 3.05) is 0 Å². The Morgan fingerprint density at radius 2 is 2.12 bits per heavy atom. The maximum absolute atomic E-state index is 13.1. The first-order valence-electron chi connectivity index (χ1n) is 4.87. The van der Waals surface area contributed by atoms with E-state index >= 15 is 0 Å². The molecule has 0 aliphatic rings. The second-order valence-electron chi connectivity index (χ2n) is 3.73. The van der Waals surface area contributed by atoms with Gasteiger partial charge >= 0.3 is 5.97 Å². The van der Waals surface area contributed by atoms with Gasteiger partial charge in [-0.15, -0.1) is 12.4 Å².